The van der Waals surface area contributed by atoms with Crippen molar-refractivity contribution in [2.24, 2.45) is 34.6 Å². The summed E-state index contributed by atoms with van der Waals surface area (Å²) in [7, 11) is 0. The van der Waals surface area contributed by atoms with Crippen LogP contribution in [0.15, 0.2) is 27.5 Å². The van der Waals surface area contributed by atoms with E-state index in [1.54, 1.807) is 0 Å². The molecule has 0 unspecified atom stereocenters. The van der Waals surface area contributed by atoms with Gasteiger partial charge in [-0.1, -0.05) is 19.4 Å². The number of hydrogen-bond donors (Lipinski definition) is 2. The molecular weight excluding hydrogens is 358 g/mol. The fraction of sp³-hybridized carbons (Fsp3) is 0.760. The zero-order valence-corrected chi connectivity index (χ0v) is 19.0. The molecule has 0 aliphatic heterocycles. The molecule has 0 aromatic carbocycles. The molecule has 1 amide bonds. The zero-order chi connectivity index (χ0) is 20.9. The summed E-state index contributed by atoms with van der Waals surface area (Å²) in [6, 6.07) is 0.354. The van der Waals surface area contributed by atoms with Crippen LogP contribution in [-0.2, 0) is 4.79 Å². The van der Waals surface area contributed by atoms with Crippen LogP contribution in [-0.4, -0.2) is 24.2 Å². The first kappa shape index (κ1) is 20.7. The standard InChI is InChI=1S/C25H39N3O/c1-14(2)20(23(26-6)28-25(5)7-8-25)21(15(3)4)24(29)27-22-18-10-16-9-17(12-18)13-19(22)11-16/h14,16-19,22,28H,6-13H2,1-5H3,(H,27,29)/b23-20-. The van der Waals surface area contributed by atoms with Gasteiger partial charge in [-0.3, -0.25) is 4.79 Å². The summed E-state index contributed by atoms with van der Waals surface area (Å²) < 4.78 is 0. The second-order valence-corrected chi connectivity index (χ2v) is 11.1. The first-order valence-electron chi connectivity index (χ1n) is 11.7. The van der Waals surface area contributed by atoms with E-state index in [9.17, 15) is 4.79 Å². The maximum absolute atomic E-state index is 13.6. The third kappa shape index (κ3) is 4.04. The van der Waals surface area contributed by atoms with E-state index >= 15 is 0 Å². The van der Waals surface area contributed by atoms with Crippen LogP contribution >= 0.6 is 0 Å². The molecule has 0 aromatic heterocycles. The van der Waals surface area contributed by atoms with Gasteiger partial charge in [0, 0.05) is 22.7 Å². The van der Waals surface area contributed by atoms with E-state index in [1.807, 2.05) is 13.8 Å². The highest BCUT2D eigenvalue weighted by Gasteiger charge is 2.49. The maximum atomic E-state index is 13.6. The van der Waals surface area contributed by atoms with Crippen molar-refractivity contribution in [1.29, 1.82) is 0 Å². The van der Waals surface area contributed by atoms with E-state index in [0.29, 0.717) is 17.9 Å². The highest BCUT2D eigenvalue weighted by Crippen LogP contribution is 2.53. The second kappa shape index (κ2) is 7.59. The number of rotatable bonds is 7. The van der Waals surface area contributed by atoms with E-state index in [2.05, 4.69) is 43.1 Å². The lowest BCUT2D eigenvalue weighted by Crippen LogP contribution is -2.56. The van der Waals surface area contributed by atoms with Crippen LogP contribution in [0.4, 0.5) is 0 Å². The SMILES string of the molecule is C=N/C(NC1(C)CC1)=C(/C(C(=O)NC1C2CC3CC(C2)CC1C3)=C(C)C)C(C)C. The van der Waals surface area contributed by atoms with Gasteiger partial charge in [0.1, 0.15) is 5.82 Å². The van der Waals surface area contributed by atoms with Crippen molar-refractivity contribution in [1.82, 2.24) is 10.6 Å². The minimum Gasteiger partial charge on any atom is -0.365 e. The van der Waals surface area contributed by atoms with Gasteiger partial charge < -0.3 is 10.6 Å². The van der Waals surface area contributed by atoms with Crippen molar-refractivity contribution < 1.29 is 4.79 Å². The number of carbonyl (C=O) groups excluding carboxylic acids is 1. The molecule has 2 N–H and O–H groups in total. The number of nitrogens with zero attached hydrogens (tertiary/aromatic N) is 1. The average molecular weight is 398 g/mol. The first-order chi connectivity index (χ1) is 13.7. The van der Waals surface area contributed by atoms with E-state index in [4.69, 9.17) is 0 Å². The quantitative estimate of drug-likeness (QED) is 0.362. The molecule has 4 heteroatoms. The molecule has 0 spiro atoms. The summed E-state index contributed by atoms with van der Waals surface area (Å²) in [5.74, 6) is 4.27. The van der Waals surface area contributed by atoms with Crippen molar-refractivity contribution in [3.63, 3.8) is 0 Å². The van der Waals surface area contributed by atoms with Gasteiger partial charge in [-0.15, -0.1) is 0 Å². The number of nitrogens with one attached hydrogen (secondary N) is 2. The van der Waals surface area contributed by atoms with Crippen molar-refractivity contribution in [3.05, 3.63) is 22.5 Å². The molecule has 5 rings (SSSR count). The van der Waals surface area contributed by atoms with Gasteiger partial charge in [0.15, 0.2) is 0 Å². The highest BCUT2D eigenvalue weighted by atomic mass is 16.1. The number of allylic oxidation sites excluding steroid dienone is 1. The van der Waals surface area contributed by atoms with Crippen LogP contribution in [0, 0.1) is 29.6 Å². The maximum Gasteiger partial charge on any atom is 0.251 e. The summed E-state index contributed by atoms with van der Waals surface area (Å²) in [6.45, 7) is 14.4. The largest absolute Gasteiger partial charge is 0.365 e. The third-order valence-corrected chi connectivity index (χ3v) is 7.93. The summed E-state index contributed by atoms with van der Waals surface area (Å²) in [4.78, 5) is 18.0. The Morgan fingerprint density at radius 3 is 2.00 bits per heavy atom. The fourth-order valence-corrected chi connectivity index (χ4v) is 6.47. The zero-order valence-electron chi connectivity index (χ0n) is 19.0. The normalized spacial score (nSPS) is 34.5. The average Bonchev–Trinajstić information content (AvgIpc) is 3.36. The van der Waals surface area contributed by atoms with E-state index in [1.165, 1.54) is 32.1 Å². The summed E-state index contributed by atoms with van der Waals surface area (Å²) in [6.07, 6.45) is 8.97. The Kier molecular flexibility index (Phi) is 5.41. The molecule has 0 aromatic rings. The van der Waals surface area contributed by atoms with E-state index in [0.717, 1.165) is 47.2 Å². The van der Waals surface area contributed by atoms with Crippen molar-refractivity contribution >= 4 is 12.6 Å². The summed E-state index contributed by atoms with van der Waals surface area (Å²) >= 11 is 0. The number of hydrogen-bond acceptors (Lipinski definition) is 3. The van der Waals surface area contributed by atoms with Crippen LogP contribution < -0.4 is 10.6 Å². The molecule has 5 saturated carbocycles. The van der Waals surface area contributed by atoms with Crippen LogP contribution in [0.5, 0.6) is 0 Å². The van der Waals surface area contributed by atoms with Crippen molar-refractivity contribution in [2.75, 3.05) is 0 Å². The topological polar surface area (TPSA) is 53.5 Å². The lowest BCUT2D eigenvalue weighted by molar-refractivity contribution is -0.121. The molecule has 5 fully saturated rings. The molecule has 4 nitrogen and oxygen atoms in total. The first-order valence-corrected chi connectivity index (χ1v) is 11.7. The minimum absolute atomic E-state index is 0.0927. The molecule has 5 aliphatic rings. The Labute approximate surface area is 176 Å². The summed E-state index contributed by atoms with van der Waals surface area (Å²) in [5.41, 5.74) is 2.97. The molecule has 0 atom stereocenters. The molecule has 29 heavy (non-hydrogen) atoms. The van der Waals surface area contributed by atoms with Gasteiger partial charge in [-0.05, 0) is 102 Å². The van der Waals surface area contributed by atoms with Gasteiger partial charge >= 0.3 is 0 Å². The van der Waals surface area contributed by atoms with Gasteiger partial charge in [-0.2, -0.15) is 0 Å². The van der Waals surface area contributed by atoms with Gasteiger partial charge in [-0.25, -0.2) is 4.99 Å². The van der Waals surface area contributed by atoms with E-state index < -0.39 is 0 Å². The Morgan fingerprint density at radius 2 is 1.59 bits per heavy atom. The van der Waals surface area contributed by atoms with Crippen LogP contribution in [0.2, 0.25) is 0 Å². The lowest BCUT2D eigenvalue weighted by Gasteiger charge is -2.54. The van der Waals surface area contributed by atoms with Crippen molar-refractivity contribution in [2.45, 2.75) is 91.1 Å². The fourth-order valence-electron chi connectivity index (χ4n) is 6.47. The number of aliphatic imine (C=N–C) groups is 1. The molecule has 160 valence electrons. The van der Waals surface area contributed by atoms with Crippen LogP contribution in [0.25, 0.3) is 0 Å². The second-order valence-electron chi connectivity index (χ2n) is 11.1. The number of amides is 1. The minimum atomic E-state index is 0.0927. The molecule has 5 aliphatic carbocycles. The monoisotopic (exact) mass is 397 g/mol. The lowest BCUT2D eigenvalue weighted by atomic mass is 9.54. The molecular formula is C25H39N3O. The Balaban J connectivity index is 1.60. The van der Waals surface area contributed by atoms with Gasteiger partial charge in [0.2, 0.25) is 0 Å². The highest BCUT2D eigenvalue weighted by molar-refractivity contribution is 5.99. The Hall–Kier alpha value is -1.58. The van der Waals surface area contributed by atoms with Crippen LogP contribution in [0.3, 0.4) is 0 Å². The van der Waals surface area contributed by atoms with Gasteiger partial charge in [0.05, 0.1) is 0 Å². The smallest absolute Gasteiger partial charge is 0.251 e. The third-order valence-electron chi connectivity index (χ3n) is 7.93. The van der Waals surface area contributed by atoms with Crippen molar-refractivity contribution in [3.8, 4) is 0 Å². The predicted octanol–water partition coefficient (Wildman–Crippen LogP) is 4.97. The van der Waals surface area contributed by atoms with Crippen LogP contribution in [0.1, 0.15) is 79.6 Å². The van der Waals surface area contributed by atoms with Gasteiger partial charge in [0.25, 0.3) is 5.91 Å². The Morgan fingerprint density at radius 1 is 1.03 bits per heavy atom. The number of carbonyl (C=O) groups is 1. The Bertz CT molecular complexity index is 724. The predicted molar refractivity (Wildman–Crippen MR) is 120 cm³/mol. The summed E-state index contributed by atoms with van der Waals surface area (Å²) in [5, 5.41) is 7.10. The molecule has 4 bridgehead atoms. The molecule has 0 radical (unpaired) electrons. The molecule has 0 saturated heterocycles. The molecule has 0 heterocycles. The van der Waals surface area contributed by atoms with E-state index in [-0.39, 0.29) is 17.4 Å².